The molecule has 0 saturated carbocycles. The molecular formula is C13H11FN4. The average molecular weight is 242 g/mol. The number of nitrogens with two attached hydrogens (primary N) is 1. The molecule has 0 aliphatic carbocycles. The number of anilines is 1. The van der Waals surface area contributed by atoms with Crippen molar-refractivity contribution in [2.24, 2.45) is 7.05 Å². The van der Waals surface area contributed by atoms with Gasteiger partial charge in [-0.25, -0.2) is 9.37 Å². The lowest BCUT2D eigenvalue weighted by atomic mass is 10.0. The van der Waals surface area contributed by atoms with E-state index in [0.29, 0.717) is 11.4 Å². The number of fused-ring (bicyclic) bond motifs is 1. The van der Waals surface area contributed by atoms with Gasteiger partial charge in [-0.3, -0.25) is 4.68 Å². The van der Waals surface area contributed by atoms with Crippen LogP contribution >= 0.6 is 0 Å². The minimum absolute atomic E-state index is 0.302. The molecule has 0 spiro atoms. The predicted octanol–water partition coefficient (Wildman–Crippen LogP) is 2.36. The summed E-state index contributed by atoms with van der Waals surface area (Å²) in [6.07, 6.45) is 2.91. The SMILES string of the molecule is Cn1ncc2ccc(-c3cc(N)ncc3F)cc21. The highest BCUT2D eigenvalue weighted by atomic mass is 19.1. The smallest absolute Gasteiger partial charge is 0.149 e. The van der Waals surface area contributed by atoms with Gasteiger partial charge in [0.1, 0.15) is 11.6 Å². The summed E-state index contributed by atoms with van der Waals surface area (Å²) in [6, 6.07) is 7.18. The number of nitrogens with zero attached hydrogens (tertiary/aromatic N) is 3. The molecule has 2 N–H and O–H groups in total. The Balaban J connectivity index is 2.24. The Bertz CT molecular complexity index is 733. The maximum Gasteiger partial charge on any atom is 0.149 e. The van der Waals surface area contributed by atoms with E-state index in [0.717, 1.165) is 22.7 Å². The van der Waals surface area contributed by atoms with Crippen molar-refractivity contribution in [2.75, 3.05) is 5.73 Å². The van der Waals surface area contributed by atoms with E-state index in [1.807, 2.05) is 25.2 Å². The van der Waals surface area contributed by atoms with Crippen LogP contribution in [0.3, 0.4) is 0 Å². The second-order valence-electron chi connectivity index (χ2n) is 4.13. The fraction of sp³-hybridized carbons (Fsp3) is 0.0769. The van der Waals surface area contributed by atoms with Gasteiger partial charge in [-0.05, 0) is 17.7 Å². The molecule has 3 aromatic rings. The standard InChI is InChI=1S/C13H11FN4/c1-18-12-4-8(2-3-9(12)6-17-18)10-5-13(15)16-7-11(10)14/h2-7H,1H3,(H2,15,16). The van der Waals surface area contributed by atoms with Crippen molar-refractivity contribution in [2.45, 2.75) is 0 Å². The second kappa shape index (κ2) is 3.80. The molecule has 0 amide bonds. The summed E-state index contributed by atoms with van der Waals surface area (Å²) in [5, 5.41) is 5.17. The first-order chi connectivity index (χ1) is 8.65. The van der Waals surface area contributed by atoms with E-state index >= 15 is 0 Å². The summed E-state index contributed by atoms with van der Waals surface area (Å²) in [4.78, 5) is 3.72. The molecule has 4 nitrogen and oxygen atoms in total. The van der Waals surface area contributed by atoms with Crippen molar-refractivity contribution >= 4 is 16.7 Å². The minimum atomic E-state index is -0.384. The minimum Gasteiger partial charge on any atom is -0.384 e. The Kier molecular flexibility index (Phi) is 2.26. The van der Waals surface area contributed by atoms with Crippen LogP contribution < -0.4 is 5.73 Å². The molecule has 1 aromatic carbocycles. The Hall–Kier alpha value is -2.43. The van der Waals surface area contributed by atoms with E-state index in [4.69, 9.17) is 5.73 Å². The van der Waals surface area contributed by atoms with Gasteiger partial charge in [0.05, 0.1) is 17.9 Å². The number of halogens is 1. The molecule has 0 aliphatic rings. The van der Waals surface area contributed by atoms with E-state index in [2.05, 4.69) is 10.1 Å². The summed E-state index contributed by atoms with van der Waals surface area (Å²) < 4.78 is 15.5. The number of benzene rings is 1. The zero-order chi connectivity index (χ0) is 12.7. The monoisotopic (exact) mass is 242 g/mol. The van der Waals surface area contributed by atoms with Gasteiger partial charge < -0.3 is 5.73 Å². The van der Waals surface area contributed by atoms with Crippen LogP contribution in [0.1, 0.15) is 0 Å². The van der Waals surface area contributed by atoms with Crippen molar-refractivity contribution in [3.05, 3.63) is 42.5 Å². The summed E-state index contributed by atoms with van der Waals surface area (Å²) in [6.45, 7) is 0. The van der Waals surface area contributed by atoms with Gasteiger partial charge in [0.2, 0.25) is 0 Å². The summed E-state index contributed by atoms with van der Waals surface area (Å²) in [7, 11) is 1.85. The van der Waals surface area contributed by atoms with E-state index in [1.54, 1.807) is 10.9 Å². The number of nitrogen functional groups attached to an aromatic ring is 1. The topological polar surface area (TPSA) is 56.7 Å². The van der Waals surface area contributed by atoms with Gasteiger partial charge in [-0.15, -0.1) is 0 Å². The summed E-state index contributed by atoms with van der Waals surface area (Å²) in [5.74, 6) is -0.0813. The lowest BCUT2D eigenvalue weighted by Crippen LogP contribution is -1.94. The fourth-order valence-corrected chi connectivity index (χ4v) is 1.99. The third-order valence-electron chi connectivity index (χ3n) is 2.94. The van der Waals surface area contributed by atoms with Gasteiger partial charge >= 0.3 is 0 Å². The number of hydrogen-bond donors (Lipinski definition) is 1. The van der Waals surface area contributed by atoms with Crippen LogP contribution in [0, 0.1) is 5.82 Å². The average Bonchev–Trinajstić information content (AvgIpc) is 2.74. The van der Waals surface area contributed by atoms with E-state index in [1.165, 1.54) is 6.07 Å². The van der Waals surface area contributed by atoms with Crippen LogP contribution in [0.25, 0.3) is 22.0 Å². The Labute approximate surface area is 103 Å². The first kappa shape index (κ1) is 10.7. The molecule has 0 unspecified atom stereocenters. The van der Waals surface area contributed by atoms with Gasteiger partial charge in [-0.1, -0.05) is 12.1 Å². The molecule has 90 valence electrons. The Morgan fingerprint density at radius 3 is 2.89 bits per heavy atom. The summed E-state index contributed by atoms with van der Waals surface area (Å²) >= 11 is 0. The molecule has 0 fully saturated rings. The fourth-order valence-electron chi connectivity index (χ4n) is 1.99. The van der Waals surface area contributed by atoms with Crippen molar-refractivity contribution in [3.63, 3.8) is 0 Å². The lowest BCUT2D eigenvalue weighted by Gasteiger charge is -2.05. The molecular weight excluding hydrogens is 231 g/mol. The quantitative estimate of drug-likeness (QED) is 0.712. The molecule has 5 heteroatoms. The zero-order valence-corrected chi connectivity index (χ0v) is 9.76. The molecule has 0 aliphatic heterocycles. The molecule has 0 radical (unpaired) electrons. The number of pyridine rings is 1. The Morgan fingerprint density at radius 1 is 1.22 bits per heavy atom. The third kappa shape index (κ3) is 1.60. The highest BCUT2D eigenvalue weighted by molar-refractivity contribution is 5.84. The molecule has 0 saturated heterocycles. The van der Waals surface area contributed by atoms with Gasteiger partial charge in [0, 0.05) is 18.0 Å². The van der Waals surface area contributed by atoms with Crippen molar-refractivity contribution in [1.29, 1.82) is 0 Å². The third-order valence-corrected chi connectivity index (χ3v) is 2.94. The van der Waals surface area contributed by atoms with E-state index in [9.17, 15) is 4.39 Å². The van der Waals surface area contributed by atoms with Crippen molar-refractivity contribution in [3.8, 4) is 11.1 Å². The van der Waals surface area contributed by atoms with Crippen LogP contribution in [-0.4, -0.2) is 14.8 Å². The molecule has 0 atom stereocenters. The molecule has 2 heterocycles. The van der Waals surface area contributed by atoms with Gasteiger partial charge in [0.15, 0.2) is 0 Å². The van der Waals surface area contributed by atoms with Crippen LogP contribution in [0.2, 0.25) is 0 Å². The number of aryl methyl sites for hydroxylation is 1. The van der Waals surface area contributed by atoms with Crippen molar-refractivity contribution in [1.82, 2.24) is 14.8 Å². The Morgan fingerprint density at radius 2 is 2.06 bits per heavy atom. The number of aromatic nitrogens is 3. The number of rotatable bonds is 1. The van der Waals surface area contributed by atoms with Crippen LogP contribution in [0.15, 0.2) is 36.7 Å². The maximum atomic E-state index is 13.7. The van der Waals surface area contributed by atoms with E-state index < -0.39 is 0 Å². The van der Waals surface area contributed by atoms with Crippen molar-refractivity contribution < 1.29 is 4.39 Å². The van der Waals surface area contributed by atoms with Crippen LogP contribution in [0.4, 0.5) is 10.2 Å². The molecule has 18 heavy (non-hydrogen) atoms. The first-order valence-corrected chi connectivity index (χ1v) is 5.48. The number of hydrogen-bond acceptors (Lipinski definition) is 3. The largest absolute Gasteiger partial charge is 0.384 e. The normalized spacial score (nSPS) is 11.0. The maximum absolute atomic E-state index is 13.7. The van der Waals surface area contributed by atoms with Gasteiger partial charge in [-0.2, -0.15) is 5.10 Å². The molecule has 0 bridgehead atoms. The second-order valence-corrected chi connectivity index (χ2v) is 4.13. The predicted molar refractivity (Wildman–Crippen MR) is 68.3 cm³/mol. The summed E-state index contributed by atoms with van der Waals surface area (Å²) in [5.41, 5.74) is 7.75. The highest BCUT2D eigenvalue weighted by Gasteiger charge is 2.08. The highest BCUT2D eigenvalue weighted by Crippen LogP contribution is 2.27. The molecule has 3 rings (SSSR count). The van der Waals surface area contributed by atoms with Crippen LogP contribution in [0.5, 0.6) is 0 Å². The molecule has 2 aromatic heterocycles. The van der Waals surface area contributed by atoms with E-state index in [-0.39, 0.29) is 5.82 Å². The van der Waals surface area contributed by atoms with Crippen LogP contribution in [-0.2, 0) is 7.05 Å². The van der Waals surface area contributed by atoms with Gasteiger partial charge in [0.25, 0.3) is 0 Å². The zero-order valence-electron chi connectivity index (χ0n) is 9.76. The first-order valence-electron chi connectivity index (χ1n) is 5.48. The lowest BCUT2D eigenvalue weighted by molar-refractivity contribution is 0.625.